The first kappa shape index (κ1) is 29.4. The quantitative estimate of drug-likeness (QED) is 0.505. The Labute approximate surface area is 214 Å². The van der Waals surface area contributed by atoms with Crippen LogP contribution in [0.15, 0.2) is 42.5 Å². The molecule has 0 unspecified atom stereocenters. The van der Waals surface area contributed by atoms with Crippen molar-refractivity contribution in [2.24, 2.45) is 0 Å². The Morgan fingerprint density at radius 1 is 1.08 bits per heavy atom. The molecule has 0 radical (unpaired) electrons. The Hall–Kier alpha value is -2.79. The van der Waals surface area contributed by atoms with Gasteiger partial charge in [-0.3, -0.25) is 13.9 Å². The van der Waals surface area contributed by atoms with E-state index in [2.05, 4.69) is 5.32 Å². The normalized spacial score (nSPS) is 12.8. The van der Waals surface area contributed by atoms with Crippen LogP contribution >= 0.6 is 11.6 Å². The fourth-order valence-electron chi connectivity index (χ4n) is 3.46. The molecule has 2 rings (SSSR count). The van der Waals surface area contributed by atoms with Gasteiger partial charge in [-0.15, -0.1) is 0 Å². The summed E-state index contributed by atoms with van der Waals surface area (Å²) in [5.74, 6) is -1.22. The van der Waals surface area contributed by atoms with Crippen LogP contribution in [0.2, 0.25) is 5.02 Å². The summed E-state index contributed by atoms with van der Waals surface area (Å²) < 4.78 is 65.8. The second kappa shape index (κ2) is 11.5. The molecule has 1 N–H and O–H groups in total. The Morgan fingerprint density at radius 2 is 1.69 bits per heavy atom. The van der Waals surface area contributed by atoms with Gasteiger partial charge >= 0.3 is 6.18 Å². The van der Waals surface area contributed by atoms with Crippen molar-refractivity contribution in [3.05, 3.63) is 64.2 Å². The molecule has 36 heavy (non-hydrogen) atoms. The summed E-state index contributed by atoms with van der Waals surface area (Å²) in [5.41, 5.74) is -0.0343. The molecule has 0 saturated heterocycles. The van der Waals surface area contributed by atoms with Crippen molar-refractivity contribution in [1.82, 2.24) is 10.2 Å². The third-order valence-corrected chi connectivity index (χ3v) is 6.89. The highest BCUT2D eigenvalue weighted by Gasteiger charge is 2.35. The first-order valence-corrected chi connectivity index (χ1v) is 13.2. The molecule has 0 aliphatic carbocycles. The molecule has 12 heteroatoms. The molecule has 0 aliphatic rings. The zero-order valence-corrected chi connectivity index (χ0v) is 22.1. The van der Waals surface area contributed by atoms with E-state index in [0.717, 1.165) is 29.5 Å². The van der Waals surface area contributed by atoms with E-state index in [1.807, 2.05) is 19.1 Å². The van der Waals surface area contributed by atoms with Crippen LogP contribution in [0.25, 0.3) is 0 Å². The Morgan fingerprint density at radius 3 is 2.22 bits per heavy atom. The van der Waals surface area contributed by atoms with E-state index < -0.39 is 51.2 Å². The van der Waals surface area contributed by atoms with Crippen molar-refractivity contribution in [2.45, 2.75) is 52.5 Å². The van der Waals surface area contributed by atoms with Crippen molar-refractivity contribution in [3.8, 4) is 0 Å². The highest BCUT2D eigenvalue weighted by Crippen LogP contribution is 2.37. The second-order valence-electron chi connectivity index (χ2n) is 8.72. The zero-order valence-electron chi connectivity index (χ0n) is 20.6. The lowest BCUT2D eigenvalue weighted by Crippen LogP contribution is -2.52. The molecule has 0 spiro atoms. The Bertz CT molecular complexity index is 1220. The molecule has 1 atom stereocenters. The van der Waals surface area contributed by atoms with Crippen LogP contribution in [0.3, 0.4) is 0 Å². The van der Waals surface area contributed by atoms with Gasteiger partial charge in [0.25, 0.3) is 0 Å². The van der Waals surface area contributed by atoms with Crippen LogP contribution in [-0.4, -0.2) is 50.0 Å². The highest BCUT2D eigenvalue weighted by atomic mass is 35.5. The maximum atomic E-state index is 13.5. The van der Waals surface area contributed by atoms with Gasteiger partial charge in [-0.2, -0.15) is 13.2 Å². The Kier molecular flexibility index (Phi) is 9.41. The van der Waals surface area contributed by atoms with Gasteiger partial charge in [0, 0.05) is 12.6 Å². The largest absolute Gasteiger partial charge is 0.417 e. The maximum absolute atomic E-state index is 13.5. The number of benzene rings is 2. The minimum Gasteiger partial charge on any atom is -0.352 e. The topological polar surface area (TPSA) is 86.8 Å². The molecule has 7 nitrogen and oxygen atoms in total. The van der Waals surface area contributed by atoms with E-state index in [1.54, 1.807) is 26.0 Å². The van der Waals surface area contributed by atoms with Crippen LogP contribution in [0.1, 0.15) is 37.5 Å². The minimum atomic E-state index is -4.83. The van der Waals surface area contributed by atoms with E-state index in [1.165, 1.54) is 11.8 Å². The summed E-state index contributed by atoms with van der Waals surface area (Å²) >= 11 is 5.67. The fourth-order valence-corrected chi connectivity index (χ4v) is 4.52. The molecule has 0 bridgehead atoms. The summed E-state index contributed by atoms with van der Waals surface area (Å²) in [6, 6.07) is 8.56. The lowest BCUT2D eigenvalue weighted by molar-refractivity contribution is -0.139. The number of nitrogens with zero attached hydrogens (tertiary/aromatic N) is 2. The average Bonchev–Trinajstić information content (AvgIpc) is 2.74. The number of hydrogen-bond donors (Lipinski definition) is 1. The molecule has 2 aromatic carbocycles. The van der Waals surface area contributed by atoms with E-state index in [0.29, 0.717) is 10.4 Å². The molecular weight excluding hydrogens is 519 g/mol. The second-order valence-corrected chi connectivity index (χ2v) is 11.0. The molecule has 2 aromatic rings. The first-order valence-electron chi connectivity index (χ1n) is 11.0. The van der Waals surface area contributed by atoms with E-state index in [4.69, 9.17) is 11.6 Å². The van der Waals surface area contributed by atoms with Crippen molar-refractivity contribution in [2.75, 3.05) is 17.1 Å². The van der Waals surface area contributed by atoms with Crippen LogP contribution in [0.5, 0.6) is 0 Å². The van der Waals surface area contributed by atoms with E-state index >= 15 is 0 Å². The number of nitrogens with one attached hydrogen (secondary N) is 1. The average molecular weight is 548 g/mol. The van der Waals surface area contributed by atoms with Crippen molar-refractivity contribution in [1.29, 1.82) is 0 Å². The van der Waals surface area contributed by atoms with Crippen LogP contribution in [-0.2, 0) is 32.3 Å². The summed E-state index contributed by atoms with van der Waals surface area (Å²) in [7, 11) is -4.19. The van der Waals surface area contributed by atoms with Gasteiger partial charge in [0.1, 0.15) is 12.6 Å². The molecule has 0 saturated carbocycles. The van der Waals surface area contributed by atoms with Gasteiger partial charge in [0.05, 0.1) is 22.5 Å². The third-order valence-electron chi connectivity index (χ3n) is 5.42. The molecule has 0 aliphatic heterocycles. The number of alkyl halides is 3. The van der Waals surface area contributed by atoms with Gasteiger partial charge in [0.15, 0.2) is 0 Å². The summed E-state index contributed by atoms with van der Waals surface area (Å²) in [6.07, 6.45) is -4.05. The number of rotatable bonds is 9. The monoisotopic (exact) mass is 547 g/mol. The fraction of sp³-hybridized carbons (Fsp3) is 0.417. The Balaban J connectivity index is 2.50. The van der Waals surface area contributed by atoms with E-state index in [9.17, 15) is 31.2 Å². The lowest BCUT2D eigenvalue weighted by Gasteiger charge is -2.32. The van der Waals surface area contributed by atoms with Crippen LogP contribution < -0.4 is 9.62 Å². The van der Waals surface area contributed by atoms with Crippen molar-refractivity contribution < 1.29 is 31.2 Å². The summed E-state index contributed by atoms with van der Waals surface area (Å²) in [4.78, 5) is 27.4. The summed E-state index contributed by atoms with van der Waals surface area (Å²) in [5, 5.41) is 2.11. The predicted octanol–water partition coefficient (Wildman–Crippen LogP) is 4.38. The van der Waals surface area contributed by atoms with E-state index in [-0.39, 0.29) is 18.3 Å². The third kappa shape index (κ3) is 7.60. The SMILES string of the molecule is Cc1ccccc1CN(C(=O)CN(c1ccc(Cl)c(C(F)(F)F)c1)S(C)(=O)=O)[C@@H](C)C(=O)NC(C)C. The lowest BCUT2D eigenvalue weighted by atomic mass is 10.1. The molecule has 0 heterocycles. The first-order chi connectivity index (χ1) is 16.5. The van der Waals surface area contributed by atoms with Gasteiger partial charge in [-0.1, -0.05) is 35.9 Å². The smallest absolute Gasteiger partial charge is 0.352 e. The van der Waals surface area contributed by atoms with Crippen LogP contribution in [0, 0.1) is 6.92 Å². The van der Waals surface area contributed by atoms with Crippen molar-refractivity contribution >= 4 is 39.1 Å². The summed E-state index contributed by atoms with van der Waals surface area (Å²) in [6.45, 7) is 6.01. The number of amides is 2. The molecule has 0 fully saturated rings. The molecule has 198 valence electrons. The predicted molar refractivity (Wildman–Crippen MR) is 133 cm³/mol. The molecule has 0 aromatic heterocycles. The number of carbonyl (C=O) groups excluding carboxylic acids is 2. The van der Waals surface area contributed by atoms with Gasteiger partial charge < -0.3 is 10.2 Å². The molecular formula is C24H29ClF3N3O4S. The number of aryl methyl sites for hydroxylation is 1. The van der Waals surface area contributed by atoms with Crippen LogP contribution in [0.4, 0.5) is 18.9 Å². The highest BCUT2D eigenvalue weighted by molar-refractivity contribution is 7.92. The number of anilines is 1. The van der Waals surface area contributed by atoms with Crippen molar-refractivity contribution in [3.63, 3.8) is 0 Å². The number of hydrogen-bond acceptors (Lipinski definition) is 4. The minimum absolute atomic E-state index is 0.00971. The van der Waals surface area contributed by atoms with Gasteiger partial charge in [-0.25, -0.2) is 8.42 Å². The van der Waals surface area contributed by atoms with Gasteiger partial charge in [-0.05, 0) is 57.0 Å². The number of sulfonamides is 1. The standard InChI is InChI=1S/C24H29ClF3N3O4S/c1-15(2)29-23(33)17(4)30(13-18-9-7-6-8-16(18)3)22(32)14-31(36(5,34)35)19-10-11-21(25)20(12-19)24(26,27)28/h6-12,15,17H,13-14H2,1-5H3,(H,29,33)/t17-/m0/s1. The number of carbonyl (C=O) groups is 2. The van der Waals surface area contributed by atoms with Gasteiger partial charge in [0.2, 0.25) is 21.8 Å². The molecule has 2 amide bonds. The zero-order chi connectivity index (χ0) is 27.4. The maximum Gasteiger partial charge on any atom is 0.417 e. The number of halogens is 4.